The van der Waals surface area contributed by atoms with E-state index >= 15 is 0 Å². The standard InChI is InChI=1S/C21H25FN4O2/c1-16-3-2-4-18(15-16)24-21(28)20(27)23-9-10-25-11-13-26(14-12-25)19-7-5-17(22)6-8-19/h2-8,15H,9-14H2,1H3,(H,23,27)(H,24,28). The van der Waals surface area contributed by atoms with Gasteiger partial charge in [0.25, 0.3) is 0 Å². The Kier molecular flexibility index (Phi) is 6.60. The van der Waals surface area contributed by atoms with Crippen molar-refractivity contribution in [2.45, 2.75) is 6.92 Å². The molecule has 0 spiro atoms. The quantitative estimate of drug-likeness (QED) is 0.774. The number of nitrogens with one attached hydrogen (secondary N) is 2. The maximum atomic E-state index is 13.0. The Morgan fingerprint density at radius 1 is 1.00 bits per heavy atom. The summed E-state index contributed by atoms with van der Waals surface area (Å²) >= 11 is 0. The molecule has 0 atom stereocenters. The molecule has 1 fully saturated rings. The molecule has 1 aliphatic heterocycles. The molecule has 2 aromatic carbocycles. The van der Waals surface area contributed by atoms with Crippen molar-refractivity contribution in [1.29, 1.82) is 0 Å². The summed E-state index contributed by atoms with van der Waals surface area (Å²) in [5.41, 5.74) is 2.64. The minimum atomic E-state index is -0.660. The second-order valence-corrected chi connectivity index (χ2v) is 6.88. The smallest absolute Gasteiger partial charge is 0.313 e. The highest BCUT2D eigenvalue weighted by Crippen LogP contribution is 2.16. The van der Waals surface area contributed by atoms with Crippen molar-refractivity contribution in [1.82, 2.24) is 10.2 Å². The molecule has 1 saturated heterocycles. The normalized spacial score (nSPS) is 14.6. The van der Waals surface area contributed by atoms with Gasteiger partial charge in [0.2, 0.25) is 0 Å². The lowest BCUT2D eigenvalue weighted by Gasteiger charge is -2.36. The van der Waals surface area contributed by atoms with Gasteiger partial charge in [-0.25, -0.2) is 4.39 Å². The number of hydrogen-bond acceptors (Lipinski definition) is 4. The zero-order valence-corrected chi connectivity index (χ0v) is 16.0. The third-order valence-corrected chi connectivity index (χ3v) is 4.76. The maximum Gasteiger partial charge on any atom is 0.313 e. The summed E-state index contributed by atoms with van der Waals surface area (Å²) in [6, 6.07) is 13.8. The first-order valence-electron chi connectivity index (χ1n) is 9.40. The predicted molar refractivity (Wildman–Crippen MR) is 108 cm³/mol. The van der Waals surface area contributed by atoms with Gasteiger partial charge in [-0.1, -0.05) is 12.1 Å². The lowest BCUT2D eigenvalue weighted by molar-refractivity contribution is -0.136. The number of nitrogens with zero attached hydrogens (tertiary/aromatic N) is 2. The Hall–Kier alpha value is -2.93. The fraction of sp³-hybridized carbons (Fsp3) is 0.333. The first-order chi connectivity index (χ1) is 13.5. The summed E-state index contributed by atoms with van der Waals surface area (Å²) in [6.45, 7) is 6.40. The van der Waals surface area contributed by atoms with Gasteiger partial charge < -0.3 is 15.5 Å². The van der Waals surface area contributed by atoms with Gasteiger partial charge in [-0.3, -0.25) is 14.5 Å². The average Bonchev–Trinajstić information content (AvgIpc) is 2.69. The van der Waals surface area contributed by atoms with Gasteiger partial charge in [-0.2, -0.15) is 0 Å². The second kappa shape index (κ2) is 9.32. The van der Waals surface area contributed by atoms with Crippen LogP contribution in [0, 0.1) is 12.7 Å². The number of rotatable bonds is 5. The van der Waals surface area contributed by atoms with E-state index in [4.69, 9.17) is 0 Å². The van der Waals surface area contributed by atoms with Gasteiger partial charge in [-0.05, 0) is 48.9 Å². The van der Waals surface area contributed by atoms with Crippen LogP contribution >= 0.6 is 0 Å². The number of benzene rings is 2. The Morgan fingerprint density at radius 2 is 1.71 bits per heavy atom. The van der Waals surface area contributed by atoms with E-state index in [1.807, 2.05) is 25.1 Å². The molecule has 0 aromatic heterocycles. The minimum Gasteiger partial charge on any atom is -0.369 e. The number of aryl methyl sites for hydroxylation is 1. The van der Waals surface area contributed by atoms with Crippen LogP contribution in [0.2, 0.25) is 0 Å². The van der Waals surface area contributed by atoms with Gasteiger partial charge >= 0.3 is 11.8 Å². The van der Waals surface area contributed by atoms with Gasteiger partial charge in [0.05, 0.1) is 0 Å². The highest BCUT2D eigenvalue weighted by Gasteiger charge is 2.18. The fourth-order valence-corrected chi connectivity index (χ4v) is 3.20. The molecule has 0 saturated carbocycles. The van der Waals surface area contributed by atoms with E-state index < -0.39 is 11.8 Å². The minimum absolute atomic E-state index is 0.232. The third-order valence-electron chi connectivity index (χ3n) is 4.76. The Labute approximate surface area is 164 Å². The summed E-state index contributed by atoms with van der Waals surface area (Å²) in [7, 11) is 0. The highest BCUT2D eigenvalue weighted by atomic mass is 19.1. The number of hydrogen-bond donors (Lipinski definition) is 2. The lowest BCUT2D eigenvalue weighted by atomic mass is 10.2. The second-order valence-electron chi connectivity index (χ2n) is 6.88. The molecule has 1 heterocycles. The Morgan fingerprint density at radius 3 is 2.39 bits per heavy atom. The van der Waals surface area contributed by atoms with E-state index in [9.17, 15) is 14.0 Å². The molecule has 2 amide bonds. The first-order valence-corrected chi connectivity index (χ1v) is 9.40. The largest absolute Gasteiger partial charge is 0.369 e. The van der Waals surface area contributed by atoms with Crippen LogP contribution in [0.25, 0.3) is 0 Å². The lowest BCUT2D eigenvalue weighted by Crippen LogP contribution is -2.49. The zero-order valence-electron chi connectivity index (χ0n) is 16.0. The molecule has 2 aromatic rings. The van der Waals surface area contributed by atoms with Crippen LogP contribution in [-0.2, 0) is 9.59 Å². The van der Waals surface area contributed by atoms with Crippen molar-refractivity contribution in [2.75, 3.05) is 49.5 Å². The van der Waals surface area contributed by atoms with Crippen molar-refractivity contribution in [3.63, 3.8) is 0 Å². The van der Waals surface area contributed by atoms with E-state index in [0.717, 1.165) is 37.4 Å². The van der Waals surface area contributed by atoms with Crippen LogP contribution in [0.3, 0.4) is 0 Å². The van der Waals surface area contributed by atoms with Crippen LogP contribution in [0.5, 0.6) is 0 Å². The van der Waals surface area contributed by atoms with E-state index in [-0.39, 0.29) is 5.82 Å². The van der Waals surface area contributed by atoms with Crippen LogP contribution < -0.4 is 15.5 Å². The third kappa shape index (κ3) is 5.53. The van der Waals surface area contributed by atoms with Gasteiger partial charge in [-0.15, -0.1) is 0 Å². The van der Waals surface area contributed by atoms with Gasteiger partial charge in [0, 0.05) is 50.6 Å². The monoisotopic (exact) mass is 384 g/mol. The summed E-state index contributed by atoms with van der Waals surface area (Å²) < 4.78 is 13.0. The molecule has 1 aliphatic rings. The molecular formula is C21H25FN4O2. The number of amides is 2. The van der Waals surface area contributed by atoms with E-state index in [1.165, 1.54) is 12.1 Å². The Balaban J connectivity index is 1.36. The molecule has 3 rings (SSSR count). The molecule has 2 N–H and O–H groups in total. The number of carbonyl (C=O) groups excluding carboxylic acids is 2. The van der Waals surface area contributed by atoms with Crippen LogP contribution in [0.15, 0.2) is 48.5 Å². The molecule has 148 valence electrons. The van der Waals surface area contributed by atoms with Crippen LogP contribution in [0.1, 0.15) is 5.56 Å². The topological polar surface area (TPSA) is 64.7 Å². The summed E-state index contributed by atoms with van der Waals surface area (Å²) in [5.74, 6) is -1.53. The highest BCUT2D eigenvalue weighted by molar-refractivity contribution is 6.39. The van der Waals surface area contributed by atoms with E-state index in [2.05, 4.69) is 20.4 Å². The van der Waals surface area contributed by atoms with E-state index in [0.29, 0.717) is 18.8 Å². The first kappa shape index (κ1) is 19.8. The molecule has 28 heavy (non-hydrogen) atoms. The molecule has 6 nitrogen and oxygen atoms in total. The maximum absolute atomic E-state index is 13.0. The van der Waals surface area contributed by atoms with Crippen molar-refractivity contribution in [2.24, 2.45) is 0 Å². The van der Waals surface area contributed by atoms with Crippen molar-refractivity contribution >= 4 is 23.2 Å². The van der Waals surface area contributed by atoms with Crippen molar-refractivity contribution in [3.8, 4) is 0 Å². The van der Waals surface area contributed by atoms with Crippen LogP contribution in [-0.4, -0.2) is 56.0 Å². The summed E-state index contributed by atoms with van der Waals surface area (Å²) in [6.07, 6.45) is 0. The summed E-state index contributed by atoms with van der Waals surface area (Å²) in [5, 5.41) is 5.27. The van der Waals surface area contributed by atoms with Gasteiger partial charge in [0.1, 0.15) is 5.82 Å². The van der Waals surface area contributed by atoms with Crippen molar-refractivity contribution < 1.29 is 14.0 Å². The number of halogens is 1. The molecule has 0 aliphatic carbocycles. The fourth-order valence-electron chi connectivity index (χ4n) is 3.20. The Bertz CT molecular complexity index is 817. The number of anilines is 2. The van der Waals surface area contributed by atoms with Crippen molar-refractivity contribution in [3.05, 3.63) is 59.9 Å². The predicted octanol–water partition coefficient (Wildman–Crippen LogP) is 2.01. The zero-order chi connectivity index (χ0) is 19.9. The van der Waals surface area contributed by atoms with E-state index in [1.54, 1.807) is 18.2 Å². The molecule has 0 radical (unpaired) electrons. The number of carbonyl (C=O) groups is 2. The SMILES string of the molecule is Cc1cccc(NC(=O)C(=O)NCCN2CCN(c3ccc(F)cc3)CC2)c1. The average molecular weight is 384 g/mol. The molecule has 7 heteroatoms. The number of piperazine rings is 1. The molecule has 0 bridgehead atoms. The molecular weight excluding hydrogens is 359 g/mol. The van der Waals surface area contributed by atoms with Gasteiger partial charge in [0.15, 0.2) is 0 Å². The molecule has 0 unspecified atom stereocenters. The van der Waals surface area contributed by atoms with Crippen LogP contribution in [0.4, 0.5) is 15.8 Å². The summed E-state index contributed by atoms with van der Waals surface area (Å²) in [4.78, 5) is 28.4.